The molecule has 4 heteroatoms. The van der Waals surface area contributed by atoms with Gasteiger partial charge in [-0.3, -0.25) is 0 Å². The van der Waals surface area contributed by atoms with Crippen molar-refractivity contribution in [3.05, 3.63) is 35.4 Å². The summed E-state index contributed by atoms with van der Waals surface area (Å²) in [6, 6.07) is 5.35. The molecule has 0 radical (unpaired) electrons. The van der Waals surface area contributed by atoms with Gasteiger partial charge in [0.25, 0.3) is 0 Å². The summed E-state index contributed by atoms with van der Waals surface area (Å²) in [6.07, 6.45) is 1.80. The lowest BCUT2D eigenvalue weighted by Gasteiger charge is -2.10. The van der Waals surface area contributed by atoms with Crippen molar-refractivity contribution >= 4 is 11.5 Å². The molecule has 17 heavy (non-hydrogen) atoms. The number of aliphatic hydroxyl groups excluding tert-OH is 1. The summed E-state index contributed by atoms with van der Waals surface area (Å²) in [4.78, 5) is 10.6. The van der Waals surface area contributed by atoms with Gasteiger partial charge in [0.2, 0.25) is 0 Å². The van der Waals surface area contributed by atoms with Gasteiger partial charge in [0.1, 0.15) is 5.75 Å². The molecule has 1 aromatic rings. The fourth-order valence-corrected chi connectivity index (χ4v) is 1.62. The molecule has 1 aromatic carbocycles. The second-order valence-electron chi connectivity index (χ2n) is 3.55. The van der Waals surface area contributed by atoms with Gasteiger partial charge in [-0.25, -0.2) is 4.79 Å². The van der Waals surface area contributed by atoms with Crippen LogP contribution in [0, 0.1) is 0 Å². The zero-order valence-corrected chi connectivity index (χ0v) is 9.93. The van der Waals surface area contributed by atoms with Gasteiger partial charge in [0.15, 0.2) is 0 Å². The molecule has 0 fully saturated rings. The van der Waals surface area contributed by atoms with Gasteiger partial charge in [-0.15, -0.1) is 0 Å². The van der Waals surface area contributed by atoms with Crippen molar-refractivity contribution in [2.24, 2.45) is 0 Å². The number of hydrogen-bond acceptors (Lipinski definition) is 3. The van der Waals surface area contributed by atoms with Gasteiger partial charge < -0.3 is 14.9 Å². The molecule has 0 aromatic heterocycles. The van der Waals surface area contributed by atoms with Gasteiger partial charge in [-0.2, -0.15) is 0 Å². The molecule has 0 amide bonds. The molecule has 0 aliphatic heterocycles. The summed E-state index contributed by atoms with van der Waals surface area (Å²) in [5.74, 6) is -0.299. The van der Waals surface area contributed by atoms with Crippen LogP contribution in [0.4, 0.5) is 0 Å². The molecule has 0 saturated carbocycles. The fourth-order valence-electron chi connectivity index (χ4n) is 1.62. The van der Waals surface area contributed by atoms with Gasteiger partial charge in [-0.05, 0) is 35.3 Å². The Labute approximate surface area is 100 Å². The molecular formula is C13H16O4. The molecule has 1 rings (SSSR count). The highest BCUT2D eigenvalue weighted by Gasteiger charge is 2.07. The van der Waals surface area contributed by atoms with Crippen molar-refractivity contribution in [2.45, 2.75) is 13.3 Å². The quantitative estimate of drug-likeness (QED) is 0.764. The Morgan fingerprint density at radius 2 is 2.18 bits per heavy atom. The first-order valence-electron chi connectivity index (χ1n) is 5.34. The third-order valence-corrected chi connectivity index (χ3v) is 2.50. The predicted molar refractivity (Wildman–Crippen MR) is 65.1 cm³/mol. The first-order chi connectivity index (χ1) is 8.12. The number of aliphatic hydroxyl groups is 1. The number of methoxy groups -OCH3 is 1. The Kier molecular flexibility index (Phi) is 4.72. The Balaban J connectivity index is 3.18. The second-order valence-corrected chi connectivity index (χ2v) is 3.55. The zero-order chi connectivity index (χ0) is 12.8. The molecule has 0 aliphatic carbocycles. The van der Waals surface area contributed by atoms with Crippen molar-refractivity contribution < 1.29 is 19.7 Å². The predicted octanol–water partition coefficient (Wildman–Crippen LogP) is 1.72. The number of benzene rings is 1. The minimum atomic E-state index is -1.07. The van der Waals surface area contributed by atoms with Crippen LogP contribution in [-0.4, -0.2) is 29.9 Å². The number of ether oxygens (including phenoxy) is 1. The maximum absolute atomic E-state index is 10.6. The van der Waals surface area contributed by atoms with Gasteiger partial charge >= 0.3 is 5.97 Å². The van der Waals surface area contributed by atoms with E-state index in [0.717, 1.165) is 23.8 Å². The van der Waals surface area contributed by atoms with Crippen molar-refractivity contribution in [3.8, 4) is 5.75 Å². The highest BCUT2D eigenvalue weighted by molar-refractivity contribution is 5.90. The number of aryl methyl sites for hydroxylation is 1. The first kappa shape index (κ1) is 13.3. The summed E-state index contributed by atoms with van der Waals surface area (Å²) in [6.45, 7) is 1.68. The highest BCUT2D eigenvalue weighted by Crippen LogP contribution is 2.24. The largest absolute Gasteiger partial charge is 0.496 e. The van der Waals surface area contributed by atoms with Crippen LogP contribution in [0.15, 0.2) is 24.3 Å². The Hall–Kier alpha value is -1.81. The van der Waals surface area contributed by atoms with E-state index < -0.39 is 5.97 Å². The smallest absolute Gasteiger partial charge is 0.328 e. The average Bonchev–Trinajstić information content (AvgIpc) is 2.34. The van der Waals surface area contributed by atoms with Gasteiger partial charge in [-0.1, -0.05) is 13.0 Å². The number of aliphatic carboxylic acids is 1. The first-order valence-corrected chi connectivity index (χ1v) is 5.34. The van der Waals surface area contributed by atoms with E-state index in [2.05, 4.69) is 0 Å². The van der Waals surface area contributed by atoms with Crippen molar-refractivity contribution in [1.82, 2.24) is 0 Å². The summed E-state index contributed by atoms with van der Waals surface area (Å²) in [5.41, 5.74) is 2.07. The average molecular weight is 236 g/mol. The number of rotatable bonds is 5. The maximum Gasteiger partial charge on any atom is 0.328 e. The Bertz CT molecular complexity index is 435. The molecule has 92 valence electrons. The summed E-state index contributed by atoms with van der Waals surface area (Å²) < 4.78 is 5.19. The highest BCUT2D eigenvalue weighted by atomic mass is 16.5. The van der Waals surface area contributed by atoms with E-state index in [1.54, 1.807) is 19.2 Å². The molecule has 4 nitrogen and oxygen atoms in total. The topological polar surface area (TPSA) is 66.8 Å². The van der Waals surface area contributed by atoms with E-state index in [1.807, 2.05) is 13.0 Å². The Morgan fingerprint density at radius 3 is 2.65 bits per heavy atom. The molecule has 0 heterocycles. The van der Waals surface area contributed by atoms with E-state index in [4.69, 9.17) is 14.9 Å². The summed E-state index contributed by atoms with van der Waals surface area (Å²) >= 11 is 0. The molecule has 0 saturated heterocycles. The SMILES string of the molecule is CCc1cc(/C(=C/C(=O)O)CO)ccc1OC. The van der Waals surface area contributed by atoms with Crippen LogP contribution in [0.25, 0.3) is 5.57 Å². The van der Waals surface area contributed by atoms with E-state index in [1.165, 1.54) is 0 Å². The van der Waals surface area contributed by atoms with Gasteiger partial charge in [0.05, 0.1) is 13.7 Å². The molecule has 0 unspecified atom stereocenters. The van der Waals surface area contributed by atoms with Crippen LogP contribution in [-0.2, 0) is 11.2 Å². The molecule has 0 spiro atoms. The van der Waals surface area contributed by atoms with Crippen molar-refractivity contribution in [2.75, 3.05) is 13.7 Å². The van der Waals surface area contributed by atoms with E-state index in [9.17, 15) is 4.79 Å². The number of carboxylic acid groups (broad SMARTS) is 1. The minimum Gasteiger partial charge on any atom is -0.496 e. The normalized spacial score (nSPS) is 11.4. The fraction of sp³-hybridized carbons (Fsp3) is 0.308. The number of carboxylic acids is 1. The maximum atomic E-state index is 10.6. The monoisotopic (exact) mass is 236 g/mol. The van der Waals surface area contributed by atoms with Gasteiger partial charge in [0, 0.05) is 6.08 Å². The standard InChI is InChI=1S/C13H16O4/c1-3-9-6-10(4-5-12(9)17-2)11(8-14)7-13(15)16/h4-7,14H,3,8H2,1-2H3,(H,15,16)/b11-7+. The second kappa shape index (κ2) is 6.06. The lowest BCUT2D eigenvalue weighted by atomic mass is 10.0. The molecule has 0 atom stereocenters. The van der Waals surface area contributed by atoms with Crippen LogP contribution >= 0.6 is 0 Å². The molecule has 0 bridgehead atoms. The van der Waals surface area contributed by atoms with Crippen molar-refractivity contribution in [1.29, 1.82) is 0 Å². The minimum absolute atomic E-state index is 0.304. The number of hydrogen-bond donors (Lipinski definition) is 2. The Morgan fingerprint density at radius 1 is 1.47 bits per heavy atom. The third kappa shape index (κ3) is 3.32. The zero-order valence-electron chi connectivity index (χ0n) is 9.93. The van der Waals surface area contributed by atoms with Crippen molar-refractivity contribution in [3.63, 3.8) is 0 Å². The van der Waals surface area contributed by atoms with E-state index in [-0.39, 0.29) is 6.61 Å². The van der Waals surface area contributed by atoms with Crippen LogP contribution in [0.5, 0.6) is 5.75 Å². The number of carbonyl (C=O) groups is 1. The third-order valence-electron chi connectivity index (χ3n) is 2.50. The van der Waals surface area contributed by atoms with Crippen LogP contribution in [0.1, 0.15) is 18.1 Å². The lowest BCUT2D eigenvalue weighted by molar-refractivity contribution is -0.131. The molecular weight excluding hydrogens is 220 g/mol. The summed E-state index contributed by atoms with van der Waals surface area (Å²) in [7, 11) is 1.59. The van der Waals surface area contributed by atoms with E-state index >= 15 is 0 Å². The van der Waals surface area contributed by atoms with Crippen LogP contribution in [0.3, 0.4) is 0 Å². The van der Waals surface area contributed by atoms with Crippen LogP contribution in [0.2, 0.25) is 0 Å². The molecule has 2 N–H and O–H groups in total. The molecule has 0 aliphatic rings. The lowest BCUT2D eigenvalue weighted by Crippen LogP contribution is -1.98. The van der Waals surface area contributed by atoms with E-state index in [0.29, 0.717) is 11.1 Å². The summed E-state index contributed by atoms with van der Waals surface area (Å²) in [5, 5.41) is 17.8. The van der Waals surface area contributed by atoms with Crippen LogP contribution < -0.4 is 4.74 Å².